The lowest BCUT2D eigenvalue weighted by atomic mass is 10.1. The smallest absolute Gasteiger partial charge is 0.212 e. The fourth-order valence-corrected chi connectivity index (χ4v) is 3.38. The van der Waals surface area contributed by atoms with Gasteiger partial charge in [-0.3, -0.25) is 0 Å². The van der Waals surface area contributed by atoms with Gasteiger partial charge < -0.3 is 10.1 Å². The molecule has 1 aliphatic carbocycles. The van der Waals surface area contributed by atoms with Crippen LogP contribution >= 0.6 is 11.6 Å². The molecule has 6 heteroatoms. The van der Waals surface area contributed by atoms with Crippen LogP contribution in [-0.2, 0) is 19.7 Å². The largest absolute Gasteiger partial charge is 0.473 e. The van der Waals surface area contributed by atoms with E-state index in [2.05, 4.69) is 10.4 Å². The van der Waals surface area contributed by atoms with Crippen LogP contribution in [-0.4, -0.2) is 16.8 Å². The minimum absolute atomic E-state index is 0.228. The maximum atomic E-state index is 13.4. The number of ether oxygens (including phenoxy) is 1. The Hall–Kier alpha value is -1.59. The highest BCUT2D eigenvalue weighted by molar-refractivity contribution is 6.31. The molecule has 0 spiro atoms. The van der Waals surface area contributed by atoms with Gasteiger partial charge in [-0.05, 0) is 44.0 Å². The van der Waals surface area contributed by atoms with Crippen LogP contribution in [0.4, 0.5) is 4.39 Å². The number of nitrogens with one attached hydrogen (secondary N) is 1. The van der Waals surface area contributed by atoms with Gasteiger partial charge in [0.15, 0.2) is 0 Å². The van der Waals surface area contributed by atoms with Gasteiger partial charge in [-0.25, -0.2) is 9.07 Å². The molecule has 0 atom stereocenters. The first-order valence-electron chi connectivity index (χ1n) is 8.43. The fourth-order valence-electron chi connectivity index (χ4n) is 3.21. The first-order valence-corrected chi connectivity index (χ1v) is 8.81. The van der Waals surface area contributed by atoms with Gasteiger partial charge in [0.05, 0.1) is 5.69 Å². The van der Waals surface area contributed by atoms with Crippen LogP contribution in [0.2, 0.25) is 5.02 Å². The second-order valence-electron chi connectivity index (χ2n) is 6.36. The molecule has 3 rings (SSSR count). The van der Waals surface area contributed by atoms with Crippen molar-refractivity contribution in [3.05, 3.63) is 46.4 Å². The van der Waals surface area contributed by atoms with Crippen LogP contribution in [0.1, 0.15) is 36.9 Å². The highest BCUT2D eigenvalue weighted by atomic mass is 35.5. The van der Waals surface area contributed by atoms with E-state index in [-0.39, 0.29) is 12.4 Å². The summed E-state index contributed by atoms with van der Waals surface area (Å²) < 4.78 is 21.2. The minimum Gasteiger partial charge on any atom is -0.473 e. The van der Waals surface area contributed by atoms with Crippen LogP contribution in [0.5, 0.6) is 5.88 Å². The van der Waals surface area contributed by atoms with Gasteiger partial charge in [0.2, 0.25) is 5.88 Å². The van der Waals surface area contributed by atoms with E-state index in [1.54, 1.807) is 6.07 Å². The Morgan fingerprint density at radius 3 is 2.88 bits per heavy atom. The average molecular weight is 352 g/mol. The number of halogens is 2. The van der Waals surface area contributed by atoms with Gasteiger partial charge in [-0.1, -0.05) is 24.4 Å². The summed E-state index contributed by atoms with van der Waals surface area (Å²) in [5, 5.41) is 8.25. The molecule has 130 valence electrons. The van der Waals surface area contributed by atoms with Crippen molar-refractivity contribution in [2.45, 2.75) is 45.4 Å². The van der Waals surface area contributed by atoms with Crippen molar-refractivity contribution in [1.82, 2.24) is 15.1 Å². The van der Waals surface area contributed by atoms with E-state index in [1.165, 1.54) is 37.8 Å². The third-order valence-electron chi connectivity index (χ3n) is 4.44. The number of hydrogen-bond donors (Lipinski definition) is 1. The topological polar surface area (TPSA) is 39.1 Å². The van der Waals surface area contributed by atoms with E-state index in [1.807, 2.05) is 17.8 Å². The van der Waals surface area contributed by atoms with Crippen LogP contribution in [0.3, 0.4) is 0 Å². The Kier molecular flexibility index (Phi) is 5.74. The van der Waals surface area contributed by atoms with E-state index >= 15 is 0 Å². The number of benzene rings is 1. The van der Waals surface area contributed by atoms with Gasteiger partial charge in [-0.15, -0.1) is 0 Å². The van der Waals surface area contributed by atoms with Crippen molar-refractivity contribution in [1.29, 1.82) is 0 Å². The summed E-state index contributed by atoms with van der Waals surface area (Å²) in [4.78, 5) is 0. The molecule has 1 aromatic heterocycles. The molecular formula is C18H23ClFN3O. The third-order valence-corrected chi connectivity index (χ3v) is 4.81. The molecule has 0 amide bonds. The zero-order valence-corrected chi connectivity index (χ0v) is 14.7. The highest BCUT2D eigenvalue weighted by Gasteiger charge is 2.19. The SMILES string of the molecule is CNCc1cc(OCc2cc(F)ccc2Cl)n(CC2CCCC2)n1. The van der Waals surface area contributed by atoms with Gasteiger partial charge in [-0.2, -0.15) is 5.10 Å². The maximum absolute atomic E-state index is 13.4. The molecule has 0 unspecified atom stereocenters. The summed E-state index contributed by atoms with van der Waals surface area (Å²) in [6.07, 6.45) is 5.08. The Morgan fingerprint density at radius 1 is 1.33 bits per heavy atom. The summed E-state index contributed by atoms with van der Waals surface area (Å²) in [6.45, 7) is 1.79. The van der Waals surface area contributed by atoms with Crippen molar-refractivity contribution in [3.63, 3.8) is 0 Å². The second kappa shape index (κ2) is 7.99. The predicted octanol–water partition coefficient (Wildman–Crippen LogP) is 4.16. The quantitative estimate of drug-likeness (QED) is 0.814. The van der Waals surface area contributed by atoms with Gasteiger partial charge in [0.1, 0.15) is 12.4 Å². The Labute approximate surface area is 147 Å². The summed E-state index contributed by atoms with van der Waals surface area (Å²) in [5.74, 6) is 1.06. The van der Waals surface area contributed by atoms with Crippen LogP contribution in [0.15, 0.2) is 24.3 Å². The van der Waals surface area contributed by atoms with Gasteiger partial charge >= 0.3 is 0 Å². The summed E-state index contributed by atoms with van der Waals surface area (Å²) in [5.41, 5.74) is 1.58. The molecule has 1 heterocycles. The van der Waals surface area contributed by atoms with Crippen LogP contribution in [0.25, 0.3) is 0 Å². The van der Waals surface area contributed by atoms with Crippen molar-refractivity contribution in [2.75, 3.05) is 7.05 Å². The lowest BCUT2D eigenvalue weighted by molar-refractivity contribution is 0.261. The third kappa shape index (κ3) is 4.28. The monoisotopic (exact) mass is 351 g/mol. The van der Waals surface area contributed by atoms with E-state index < -0.39 is 0 Å². The van der Waals surface area contributed by atoms with E-state index in [4.69, 9.17) is 16.3 Å². The standard InChI is InChI=1S/C18H23ClFN3O/c1-21-10-16-9-18(23(22-16)11-13-4-2-3-5-13)24-12-14-8-15(20)6-7-17(14)19/h6-9,13,21H,2-5,10-12H2,1H3. The number of hydrogen-bond acceptors (Lipinski definition) is 3. The summed E-state index contributed by atoms with van der Waals surface area (Å²) >= 11 is 6.12. The zero-order chi connectivity index (χ0) is 16.9. The lowest BCUT2D eigenvalue weighted by Crippen LogP contribution is -2.12. The van der Waals surface area contributed by atoms with E-state index in [0.29, 0.717) is 28.9 Å². The molecule has 0 saturated heterocycles. The molecule has 0 radical (unpaired) electrons. The first-order chi connectivity index (χ1) is 11.7. The fraction of sp³-hybridized carbons (Fsp3) is 0.500. The predicted molar refractivity (Wildman–Crippen MR) is 92.7 cm³/mol. The van der Waals surface area contributed by atoms with Crippen molar-refractivity contribution in [2.24, 2.45) is 5.92 Å². The van der Waals surface area contributed by atoms with Crippen molar-refractivity contribution >= 4 is 11.6 Å². The average Bonchev–Trinajstić information content (AvgIpc) is 3.19. The molecule has 1 saturated carbocycles. The summed E-state index contributed by atoms with van der Waals surface area (Å²) in [7, 11) is 1.89. The zero-order valence-electron chi connectivity index (χ0n) is 13.9. The number of nitrogens with zero attached hydrogens (tertiary/aromatic N) is 2. The molecule has 0 bridgehead atoms. The molecule has 4 nitrogen and oxygen atoms in total. The molecule has 24 heavy (non-hydrogen) atoms. The number of rotatable bonds is 7. The highest BCUT2D eigenvalue weighted by Crippen LogP contribution is 2.28. The number of aromatic nitrogens is 2. The van der Waals surface area contributed by atoms with Gasteiger partial charge in [0, 0.05) is 29.7 Å². The normalized spacial score (nSPS) is 15.1. The first kappa shape index (κ1) is 17.2. The summed E-state index contributed by atoms with van der Waals surface area (Å²) in [6, 6.07) is 6.26. The molecule has 2 aromatic rings. The van der Waals surface area contributed by atoms with Crippen LogP contribution in [0, 0.1) is 11.7 Å². The minimum atomic E-state index is -0.312. The van der Waals surface area contributed by atoms with Gasteiger partial charge in [0.25, 0.3) is 0 Å². The molecule has 1 N–H and O–H groups in total. The molecule has 1 aliphatic rings. The second-order valence-corrected chi connectivity index (χ2v) is 6.77. The Bertz CT molecular complexity index is 683. The maximum Gasteiger partial charge on any atom is 0.212 e. The molecular weight excluding hydrogens is 329 g/mol. The molecule has 0 aliphatic heterocycles. The Balaban J connectivity index is 1.73. The van der Waals surface area contributed by atoms with Crippen molar-refractivity contribution in [3.8, 4) is 5.88 Å². The molecule has 1 fully saturated rings. The van der Waals surface area contributed by atoms with Crippen LogP contribution < -0.4 is 10.1 Å². The Morgan fingerprint density at radius 2 is 2.12 bits per heavy atom. The lowest BCUT2D eigenvalue weighted by Gasteiger charge is -2.13. The molecule has 1 aromatic carbocycles. The van der Waals surface area contributed by atoms with E-state index in [9.17, 15) is 4.39 Å². The van der Waals surface area contributed by atoms with Crippen molar-refractivity contribution < 1.29 is 9.13 Å². The van der Waals surface area contributed by atoms with E-state index in [0.717, 1.165) is 12.2 Å².